The van der Waals surface area contributed by atoms with Crippen LogP contribution in [-0.2, 0) is 18.3 Å². The molecule has 1 N–H and O–H groups in total. The number of piperidine rings is 1. The van der Waals surface area contributed by atoms with Gasteiger partial charge in [-0.25, -0.2) is 0 Å². The van der Waals surface area contributed by atoms with Crippen LogP contribution in [-0.4, -0.2) is 45.6 Å². The van der Waals surface area contributed by atoms with Gasteiger partial charge in [0.1, 0.15) is 0 Å². The average molecular weight is 366 g/mol. The number of likely N-dealkylation sites (tertiary alicyclic amines) is 1. The third-order valence-corrected chi connectivity index (χ3v) is 6.04. The lowest BCUT2D eigenvalue weighted by Gasteiger charge is -2.52. The highest BCUT2D eigenvalue weighted by atomic mass is 16.2. The maximum atomic E-state index is 12.5. The van der Waals surface area contributed by atoms with Crippen LogP contribution in [0.5, 0.6) is 0 Å². The lowest BCUT2D eigenvalue weighted by atomic mass is 9.60. The summed E-state index contributed by atoms with van der Waals surface area (Å²) in [4.78, 5) is 26.7. The first kappa shape index (κ1) is 17.8. The summed E-state index contributed by atoms with van der Waals surface area (Å²) in [5, 5.41) is 7.16. The summed E-state index contributed by atoms with van der Waals surface area (Å²) in [5.41, 5.74) is 1.99. The normalized spacial score (nSPS) is 18.9. The highest BCUT2D eigenvalue weighted by molar-refractivity contribution is 5.93. The van der Waals surface area contributed by atoms with Crippen LogP contribution in [0.4, 0.5) is 0 Å². The van der Waals surface area contributed by atoms with Crippen LogP contribution in [0.2, 0.25) is 0 Å². The summed E-state index contributed by atoms with van der Waals surface area (Å²) in [5.74, 6) is 0.176. The second-order valence-electron chi connectivity index (χ2n) is 8.02. The molecule has 0 radical (unpaired) electrons. The van der Waals surface area contributed by atoms with Crippen molar-refractivity contribution < 1.29 is 9.59 Å². The van der Waals surface area contributed by atoms with Gasteiger partial charge in [0.25, 0.3) is 5.91 Å². The number of hydrogen-bond acceptors (Lipinski definition) is 3. The van der Waals surface area contributed by atoms with Gasteiger partial charge in [-0.15, -0.1) is 0 Å². The first-order valence-corrected chi connectivity index (χ1v) is 9.64. The zero-order valence-corrected chi connectivity index (χ0v) is 15.7. The quantitative estimate of drug-likeness (QED) is 0.902. The van der Waals surface area contributed by atoms with E-state index in [2.05, 4.69) is 10.4 Å². The summed E-state index contributed by atoms with van der Waals surface area (Å²) in [6.07, 6.45) is 7.91. The predicted octanol–water partition coefficient (Wildman–Crippen LogP) is 2.16. The molecule has 1 aliphatic carbocycles. The number of aryl methyl sites for hydroxylation is 1. The topological polar surface area (TPSA) is 67.2 Å². The molecule has 1 saturated heterocycles. The summed E-state index contributed by atoms with van der Waals surface area (Å²) in [7, 11) is 1.81. The van der Waals surface area contributed by atoms with Gasteiger partial charge < -0.3 is 10.2 Å². The Kier molecular flexibility index (Phi) is 4.72. The van der Waals surface area contributed by atoms with E-state index in [1.807, 2.05) is 42.3 Å². The Morgan fingerprint density at radius 2 is 1.89 bits per heavy atom. The number of nitrogens with one attached hydrogen (secondary N) is 1. The number of nitrogens with zero attached hydrogens (tertiary/aromatic N) is 3. The molecular formula is C21H26N4O2. The zero-order valence-electron chi connectivity index (χ0n) is 15.7. The third-order valence-electron chi connectivity index (χ3n) is 6.04. The van der Waals surface area contributed by atoms with E-state index in [-0.39, 0.29) is 17.9 Å². The standard InChI is InChI=1S/C21H26N4O2/c1-24-15-17(14-22-24)20(27)23-18-12-21(13-18)7-9-25(10-8-21)19(26)11-16-5-3-2-4-6-16/h2-6,14-15,18H,7-13H2,1H3,(H,23,27). The smallest absolute Gasteiger partial charge is 0.254 e. The van der Waals surface area contributed by atoms with Gasteiger partial charge in [-0.2, -0.15) is 5.10 Å². The molecule has 1 aromatic carbocycles. The van der Waals surface area contributed by atoms with Crippen molar-refractivity contribution in [1.29, 1.82) is 0 Å². The highest BCUT2D eigenvalue weighted by Gasteiger charge is 2.46. The number of aromatic nitrogens is 2. The second-order valence-corrected chi connectivity index (χ2v) is 8.02. The van der Waals surface area contributed by atoms with Crippen LogP contribution in [0.25, 0.3) is 0 Å². The molecule has 2 amide bonds. The van der Waals surface area contributed by atoms with Crippen LogP contribution < -0.4 is 5.32 Å². The third kappa shape index (κ3) is 3.89. The fourth-order valence-corrected chi connectivity index (χ4v) is 4.42. The Morgan fingerprint density at radius 1 is 1.19 bits per heavy atom. The van der Waals surface area contributed by atoms with Crippen molar-refractivity contribution in [3.05, 3.63) is 53.9 Å². The van der Waals surface area contributed by atoms with Gasteiger partial charge in [-0.05, 0) is 36.7 Å². The average Bonchev–Trinajstić information content (AvgIpc) is 3.08. The Balaban J connectivity index is 1.23. The van der Waals surface area contributed by atoms with E-state index >= 15 is 0 Å². The molecule has 0 atom stereocenters. The molecule has 142 valence electrons. The molecule has 2 fully saturated rings. The summed E-state index contributed by atoms with van der Waals surface area (Å²) < 4.78 is 1.64. The van der Waals surface area contributed by atoms with Gasteiger partial charge >= 0.3 is 0 Å². The van der Waals surface area contributed by atoms with Crippen LogP contribution in [0.15, 0.2) is 42.7 Å². The maximum Gasteiger partial charge on any atom is 0.254 e. The summed E-state index contributed by atoms with van der Waals surface area (Å²) >= 11 is 0. The molecular weight excluding hydrogens is 340 g/mol. The Labute approximate surface area is 159 Å². The number of hydrogen-bond donors (Lipinski definition) is 1. The van der Waals surface area contributed by atoms with E-state index in [1.165, 1.54) is 0 Å². The van der Waals surface area contributed by atoms with E-state index in [1.54, 1.807) is 17.1 Å². The molecule has 1 spiro atoms. The highest BCUT2D eigenvalue weighted by Crippen LogP contribution is 2.49. The van der Waals surface area contributed by atoms with Gasteiger partial charge in [-0.1, -0.05) is 30.3 Å². The summed E-state index contributed by atoms with van der Waals surface area (Å²) in [6, 6.07) is 10.2. The molecule has 1 aromatic heterocycles. The van der Waals surface area contributed by atoms with Crippen LogP contribution in [0.1, 0.15) is 41.6 Å². The molecule has 2 aromatic rings. The number of carbonyl (C=O) groups is 2. The van der Waals surface area contributed by atoms with Gasteiger partial charge in [0.05, 0.1) is 18.2 Å². The van der Waals surface area contributed by atoms with Crippen molar-refractivity contribution in [2.45, 2.75) is 38.1 Å². The molecule has 0 unspecified atom stereocenters. The molecule has 4 rings (SSSR count). The number of benzene rings is 1. The molecule has 2 heterocycles. The summed E-state index contributed by atoms with van der Waals surface area (Å²) in [6.45, 7) is 1.66. The minimum Gasteiger partial charge on any atom is -0.349 e. The fourth-order valence-electron chi connectivity index (χ4n) is 4.42. The number of carbonyl (C=O) groups excluding carboxylic acids is 2. The minimum atomic E-state index is -0.0431. The lowest BCUT2D eigenvalue weighted by Crippen LogP contribution is -2.55. The van der Waals surface area contributed by atoms with Crippen molar-refractivity contribution in [2.75, 3.05) is 13.1 Å². The zero-order chi connectivity index (χ0) is 18.9. The molecule has 6 nitrogen and oxygen atoms in total. The molecule has 1 aliphatic heterocycles. The molecule has 6 heteroatoms. The molecule has 0 bridgehead atoms. The predicted molar refractivity (Wildman–Crippen MR) is 102 cm³/mol. The van der Waals surface area contributed by atoms with Crippen molar-refractivity contribution >= 4 is 11.8 Å². The Bertz CT molecular complexity index is 814. The number of amides is 2. The van der Waals surface area contributed by atoms with Crippen molar-refractivity contribution in [2.24, 2.45) is 12.5 Å². The van der Waals surface area contributed by atoms with Gasteiger partial charge in [0.2, 0.25) is 5.91 Å². The van der Waals surface area contributed by atoms with Gasteiger partial charge in [0, 0.05) is 32.4 Å². The number of rotatable bonds is 4. The van der Waals surface area contributed by atoms with E-state index in [0.717, 1.165) is 44.3 Å². The lowest BCUT2D eigenvalue weighted by molar-refractivity contribution is -0.134. The Morgan fingerprint density at radius 3 is 2.52 bits per heavy atom. The first-order valence-electron chi connectivity index (χ1n) is 9.64. The maximum absolute atomic E-state index is 12.5. The van der Waals surface area contributed by atoms with Gasteiger partial charge in [0.15, 0.2) is 0 Å². The fraction of sp³-hybridized carbons (Fsp3) is 0.476. The monoisotopic (exact) mass is 366 g/mol. The van der Waals surface area contributed by atoms with E-state index < -0.39 is 0 Å². The molecule has 1 saturated carbocycles. The van der Waals surface area contributed by atoms with Crippen molar-refractivity contribution in [1.82, 2.24) is 20.0 Å². The van der Waals surface area contributed by atoms with Gasteiger partial charge in [-0.3, -0.25) is 14.3 Å². The Hall–Kier alpha value is -2.63. The van der Waals surface area contributed by atoms with Crippen molar-refractivity contribution in [3.8, 4) is 0 Å². The minimum absolute atomic E-state index is 0.0431. The van der Waals surface area contributed by atoms with E-state index in [9.17, 15) is 9.59 Å². The molecule has 2 aliphatic rings. The van der Waals surface area contributed by atoms with E-state index in [4.69, 9.17) is 0 Å². The van der Waals surface area contributed by atoms with Crippen molar-refractivity contribution in [3.63, 3.8) is 0 Å². The van der Waals surface area contributed by atoms with Crippen LogP contribution >= 0.6 is 0 Å². The van der Waals surface area contributed by atoms with Crippen LogP contribution in [0, 0.1) is 5.41 Å². The first-order chi connectivity index (χ1) is 13.0. The second kappa shape index (κ2) is 7.18. The molecule has 27 heavy (non-hydrogen) atoms. The SMILES string of the molecule is Cn1cc(C(=O)NC2CC3(CCN(C(=O)Cc4ccccc4)CC3)C2)cn1. The largest absolute Gasteiger partial charge is 0.349 e. The van der Waals surface area contributed by atoms with E-state index in [0.29, 0.717) is 17.4 Å². The van der Waals surface area contributed by atoms with Crippen LogP contribution in [0.3, 0.4) is 0 Å².